The van der Waals surface area contributed by atoms with Gasteiger partial charge in [0.05, 0.1) is 10.3 Å². The average molecular weight is 431 g/mol. The molecule has 0 atom stereocenters. The second-order valence-electron chi connectivity index (χ2n) is 7.43. The number of phenols is 1. The number of phenolic OH excluding ortho intramolecular Hbond substituents is 1. The van der Waals surface area contributed by atoms with Crippen molar-refractivity contribution in [3.63, 3.8) is 0 Å². The smallest absolute Gasteiger partial charge is 0.240 e. The first-order chi connectivity index (χ1) is 14.5. The molecule has 0 spiro atoms. The maximum absolute atomic E-state index is 12.2. The topological polar surface area (TPSA) is 98.9 Å². The zero-order valence-electron chi connectivity index (χ0n) is 16.7. The number of aromatic nitrogens is 1. The summed E-state index contributed by atoms with van der Waals surface area (Å²) >= 11 is 0. The third-order valence-corrected chi connectivity index (χ3v) is 6.81. The van der Waals surface area contributed by atoms with Crippen LogP contribution in [0.3, 0.4) is 0 Å². The molecular formula is C21H26N4O4S. The Morgan fingerprint density at radius 2 is 1.83 bits per heavy atom. The van der Waals surface area contributed by atoms with Crippen molar-refractivity contribution in [1.82, 2.24) is 14.8 Å². The number of sulfonamides is 1. The van der Waals surface area contributed by atoms with Gasteiger partial charge in [0.2, 0.25) is 10.0 Å². The zero-order chi connectivity index (χ0) is 21.0. The Labute approximate surface area is 176 Å². The van der Waals surface area contributed by atoms with Crippen LogP contribution in [0, 0.1) is 0 Å². The SMILES string of the molecule is O=S(=O)(NCCCCN1CCN(c2noc3ccccc23)CC1)c1cccc(O)c1. The van der Waals surface area contributed by atoms with Crippen LogP contribution in [0.4, 0.5) is 5.82 Å². The van der Waals surface area contributed by atoms with Gasteiger partial charge in [-0.15, -0.1) is 0 Å². The van der Waals surface area contributed by atoms with E-state index < -0.39 is 10.0 Å². The van der Waals surface area contributed by atoms with Gasteiger partial charge < -0.3 is 14.5 Å². The molecular weight excluding hydrogens is 404 g/mol. The van der Waals surface area contributed by atoms with Crippen LogP contribution in [-0.2, 0) is 10.0 Å². The van der Waals surface area contributed by atoms with E-state index in [1.165, 1.54) is 24.3 Å². The van der Waals surface area contributed by atoms with Gasteiger partial charge in [-0.1, -0.05) is 23.4 Å². The van der Waals surface area contributed by atoms with Gasteiger partial charge >= 0.3 is 0 Å². The number of unbranched alkanes of at least 4 members (excludes halogenated alkanes) is 1. The lowest BCUT2D eigenvalue weighted by Gasteiger charge is -2.34. The fraction of sp³-hybridized carbons (Fsp3) is 0.381. The van der Waals surface area contributed by atoms with Gasteiger partial charge in [-0.3, -0.25) is 4.90 Å². The Hall–Kier alpha value is -2.62. The first-order valence-electron chi connectivity index (χ1n) is 10.1. The molecule has 8 nitrogen and oxygen atoms in total. The molecule has 1 aliphatic rings. The number of hydrogen-bond acceptors (Lipinski definition) is 7. The first-order valence-corrected chi connectivity index (χ1v) is 11.6. The summed E-state index contributed by atoms with van der Waals surface area (Å²) in [6, 6.07) is 13.6. The molecule has 4 rings (SSSR count). The van der Waals surface area contributed by atoms with E-state index in [0.717, 1.165) is 62.4 Å². The Morgan fingerprint density at radius 3 is 2.63 bits per heavy atom. The molecule has 0 saturated carbocycles. The highest BCUT2D eigenvalue weighted by Crippen LogP contribution is 2.26. The van der Waals surface area contributed by atoms with Gasteiger partial charge in [-0.05, 0) is 49.7 Å². The van der Waals surface area contributed by atoms with Crippen LogP contribution in [0.15, 0.2) is 57.9 Å². The number of para-hydroxylation sites is 1. The number of hydrogen-bond donors (Lipinski definition) is 2. The minimum absolute atomic E-state index is 0.0596. The van der Waals surface area contributed by atoms with Crippen molar-refractivity contribution in [3.8, 4) is 5.75 Å². The third kappa shape index (κ3) is 4.75. The summed E-state index contributed by atoms with van der Waals surface area (Å²) in [6.45, 7) is 4.97. The standard InChI is InChI=1S/C21H26N4O4S/c26-17-6-5-7-18(16-17)30(27,28)22-10-3-4-11-24-12-14-25(15-13-24)21-19-8-1-2-9-20(19)29-23-21/h1-2,5-9,16,22,26H,3-4,10-15H2. The van der Waals surface area contributed by atoms with Crippen molar-refractivity contribution in [2.24, 2.45) is 0 Å². The molecule has 30 heavy (non-hydrogen) atoms. The van der Waals surface area contributed by atoms with Gasteiger partial charge in [-0.25, -0.2) is 13.1 Å². The van der Waals surface area contributed by atoms with Gasteiger partial charge in [0.15, 0.2) is 11.4 Å². The fourth-order valence-corrected chi connectivity index (χ4v) is 4.80. The molecule has 2 aromatic carbocycles. The minimum Gasteiger partial charge on any atom is -0.508 e. The van der Waals surface area contributed by atoms with Gasteiger partial charge in [0.25, 0.3) is 0 Å². The summed E-state index contributed by atoms with van der Waals surface area (Å²) < 4.78 is 32.5. The van der Waals surface area contributed by atoms with Crippen LogP contribution in [0.2, 0.25) is 0 Å². The summed E-state index contributed by atoms with van der Waals surface area (Å²) in [5.74, 6) is 0.849. The molecule has 0 bridgehead atoms. The molecule has 0 aliphatic carbocycles. The minimum atomic E-state index is -3.58. The highest BCUT2D eigenvalue weighted by molar-refractivity contribution is 7.89. The lowest BCUT2D eigenvalue weighted by atomic mass is 10.2. The van der Waals surface area contributed by atoms with Crippen molar-refractivity contribution in [2.75, 3.05) is 44.2 Å². The van der Waals surface area contributed by atoms with E-state index in [1.807, 2.05) is 24.3 Å². The van der Waals surface area contributed by atoms with Gasteiger partial charge in [0.1, 0.15) is 5.75 Å². The summed E-state index contributed by atoms with van der Waals surface area (Å²) in [4.78, 5) is 4.73. The summed E-state index contributed by atoms with van der Waals surface area (Å²) in [7, 11) is -3.58. The molecule has 0 radical (unpaired) electrons. The maximum Gasteiger partial charge on any atom is 0.240 e. The van der Waals surface area contributed by atoms with E-state index in [9.17, 15) is 13.5 Å². The van der Waals surface area contributed by atoms with Crippen molar-refractivity contribution >= 4 is 26.8 Å². The maximum atomic E-state index is 12.2. The van der Waals surface area contributed by atoms with E-state index in [2.05, 4.69) is 19.7 Å². The Morgan fingerprint density at radius 1 is 1.03 bits per heavy atom. The lowest BCUT2D eigenvalue weighted by molar-refractivity contribution is 0.252. The molecule has 160 valence electrons. The number of aromatic hydroxyl groups is 1. The second-order valence-corrected chi connectivity index (χ2v) is 9.20. The van der Waals surface area contributed by atoms with E-state index in [-0.39, 0.29) is 10.6 Å². The summed E-state index contributed by atoms with van der Waals surface area (Å²) in [6.07, 6.45) is 1.67. The molecule has 3 aromatic rings. The van der Waals surface area contributed by atoms with Crippen LogP contribution < -0.4 is 9.62 Å². The summed E-state index contributed by atoms with van der Waals surface area (Å²) in [5.41, 5.74) is 0.808. The van der Waals surface area contributed by atoms with E-state index in [4.69, 9.17) is 4.52 Å². The fourth-order valence-electron chi connectivity index (χ4n) is 3.68. The Bertz CT molecular complexity index is 1090. The van der Waals surface area contributed by atoms with Crippen LogP contribution in [0.1, 0.15) is 12.8 Å². The normalized spacial score (nSPS) is 15.7. The predicted molar refractivity (Wildman–Crippen MR) is 115 cm³/mol. The molecule has 0 unspecified atom stereocenters. The monoisotopic (exact) mass is 430 g/mol. The molecule has 1 saturated heterocycles. The summed E-state index contributed by atoms with van der Waals surface area (Å²) in [5, 5.41) is 14.7. The lowest BCUT2D eigenvalue weighted by Crippen LogP contribution is -2.46. The van der Waals surface area contributed by atoms with E-state index >= 15 is 0 Å². The predicted octanol–water partition coefficient (Wildman–Crippen LogP) is 2.41. The van der Waals surface area contributed by atoms with Gasteiger partial charge in [0, 0.05) is 32.7 Å². The zero-order valence-corrected chi connectivity index (χ0v) is 17.5. The van der Waals surface area contributed by atoms with Crippen LogP contribution in [0.25, 0.3) is 11.0 Å². The van der Waals surface area contributed by atoms with Crippen LogP contribution in [-0.4, -0.2) is 62.8 Å². The van der Waals surface area contributed by atoms with Crippen molar-refractivity contribution < 1.29 is 18.0 Å². The highest BCUT2D eigenvalue weighted by Gasteiger charge is 2.21. The number of rotatable bonds is 8. The van der Waals surface area contributed by atoms with E-state index in [1.54, 1.807) is 0 Å². The van der Waals surface area contributed by atoms with Crippen molar-refractivity contribution in [2.45, 2.75) is 17.7 Å². The Balaban J connectivity index is 1.18. The Kier molecular flexibility index (Phi) is 6.21. The van der Waals surface area contributed by atoms with Crippen molar-refractivity contribution in [1.29, 1.82) is 0 Å². The largest absolute Gasteiger partial charge is 0.508 e. The molecule has 2 heterocycles. The van der Waals surface area contributed by atoms with Gasteiger partial charge in [-0.2, -0.15) is 0 Å². The van der Waals surface area contributed by atoms with Crippen LogP contribution >= 0.6 is 0 Å². The number of nitrogens with one attached hydrogen (secondary N) is 1. The molecule has 1 aromatic heterocycles. The molecule has 9 heteroatoms. The molecule has 1 fully saturated rings. The molecule has 1 aliphatic heterocycles. The van der Waals surface area contributed by atoms with Crippen LogP contribution in [0.5, 0.6) is 5.75 Å². The molecule has 0 amide bonds. The molecule has 2 N–H and O–H groups in total. The highest BCUT2D eigenvalue weighted by atomic mass is 32.2. The van der Waals surface area contributed by atoms with Crippen molar-refractivity contribution in [3.05, 3.63) is 48.5 Å². The second kappa shape index (κ2) is 9.03. The number of nitrogens with zero attached hydrogens (tertiary/aromatic N) is 3. The number of fused-ring (bicyclic) bond motifs is 1. The van der Waals surface area contributed by atoms with E-state index in [0.29, 0.717) is 6.54 Å². The average Bonchev–Trinajstić information content (AvgIpc) is 3.18. The quantitative estimate of drug-likeness (QED) is 0.530. The number of anilines is 1. The number of piperazine rings is 1. The third-order valence-electron chi connectivity index (χ3n) is 5.35. The first kappa shape index (κ1) is 20.6. The number of benzene rings is 2.